The molecule has 0 saturated carbocycles. The van der Waals surface area contributed by atoms with Crippen molar-refractivity contribution in [1.82, 2.24) is 14.9 Å². The normalized spacial score (nSPS) is 12.1. The molecule has 0 radical (unpaired) electrons. The molecule has 25 heavy (non-hydrogen) atoms. The van der Waals surface area contributed by atoms with Gasteiger partial charge in [-0.15, -0.1) is 11.3 Å². The molecule has 2 heterocycles. The Morgan fingerprint density at radius 3 is 2.40 bits per heavy atom. The topological polar surface area (TPSA) is 83.4 Å². The Bertz CT molecular complexity index is 954. The van der Waals surface area contributed by atoms with E-state index in [1.807, 2.05) is 13.8 Å². The van der Waals surface area contributed by atoms with Gasteiger partial charge in [0.25, 0.3) is 5.91 Å². The predicted octanol–water partition coefficient (Wildman–Crippen LogP) is 3.21. The molecule has 1 amide bonds. The van der Waals surface area contributed by atoms with Gasteiger partial charge in [0.1, 0.15) is 0 Å². The summed E-state index contributed by atoms with van der Waals surface area (Å²) in [4.78, 5) is 35.2. The zero-order chi connectivity index (χ0) is 18.1. The highest BCUT2D eigenvalue weighted by Crippen LogP contribution is 2.26. The average Bonchev–Trinajstić information content (AvgIpc) is 3.08. The molecule has 0 saturated heterocycles. The van der Waals surface area contributed by atoms with E-state index in [4.69, 9.17) is 0 Å². The smallest absolute Gasteiger partial charge is 0.331 e. The summed E-state index contributed by atoms with van der Waals surface area (Å²) in [5.74, 6) is -1.44. The summed E-state index contributed by atoms with van der Waals surface area (Å²) in [5, 5.41) is 11.3. The van der Waals surface area contributed by atoms with E-state index in [9.17, 15) is 14.7 Å². The molecule has 128 valence electrons. The fourth-order valence-electron chi connectivity index (χ4n) is 2.61. The van der Waals surface area contributed by atoms with E-state index >= 15 is 0 Å². The van der Waals surface area contributed by atoms with E-state index in [0.29, 0.717) is 21.5 Å². The number of hydrogen-bond acceptors (Lipinski definition) is 5. The number of carboxylic acids is 1. The van der Waals surface area contributed by atoms with Crippen LogP contribution in [-0.2, 0) is 4.79 Å². The van der Waals surface area contributed by atoms with E-state index in [-0.39, 0.29) is 5.91 Å². The molecule has 6 nitrogen and oxygen atoms in total. The summed E-state index contributed by atoms with van der Waals surface area (Å²) < 4.78 is 0. The average molecular weight is 355 g/mol. The number of hydrogen-bond donors (Lipinski definition) is 1. The van der Waals surface area contributed by atoms with Crippen LogP contribution in [0.2, 0.25) is 0 Å². The first-order valence-electron chi connectivity index (χ1n) is 7.67. The molecule has 0 bridgehead atoms. The van der Waals surface area contributed by atoms with Gasteiger partial charge in [-0.3, -0.25) is 4.79 Å². The third-order valence-electron chi connectivity index (χ3n) is 4.08. The van der Waals surface area contributed by atoms with E-state index in [2.05, 4.69) is 9.97 Å². The van der Waals surface area contributed by atoms with Crippen LogP contribution >= 0.6 is 11.3 Å². The van der Waals surface area contributed by atoms with Gasteiger partial charge in [-0.05, 0) is 43.5 Å². The minimum atomic E-state index is -1.06. The molecule has 0 unspecified atom stereocenters. The standard InChI is InChI=1S/C18H17N3O3S/c1-10-11(2)20-14-9-12(6-7-13(14)19-10)17(22)21(3)16(18(23)24)15-5-4-8-25-15/h4-9,16H,1-3H3,(H,23,24)/t16-/m0/s1. The maximum atomic E-state index is 12.8. The highest BCUT2D eigenvalue weighted by atomic mass is 32.1. The summed E-state index contributed by atoms with van der Waals surface area (Å²) >= 11 is 1.31. The second-order valence-corrected chi connectivity index (χ2v) is 6.75. The fraction of sp³-hybridized carbons (Fsp3) is 0.222. The van der Waals surface area contributed by atoms with Crippen LogP contribution in [0.15, 0.2) is 35.7 Å². The number of carboxylic acid groups (broad SMARTS) is 1. The number of benzene rings is 1. The molecule has 0 aliphatic rings. The maximum Gasteiger partial charge on any atom is 0.331 e. The van der Waals surface area contributed by atoms with Gasteiger partial charge in [0.2, 0.25) is 0 Å². The summed E-state index contributed by atoms with van der Waals surface area (Å²) in [6.45, 7) is 3.74. The lowest BCUT2D eigenvalue weighted by atomic mass is 10.1. The lowest BCUT2D eigenvalue weighted by Gasteiger charge is -2.24. The first kappa shape index (κ1) is 17.0. The molecular weight excluding hydrogens is 338 g/mol. The fourth-order valence-corrected chi connectivity index (χ4v) is 3.47. The van der Waals surface area contributed by atoms with Crippen molar-refractivity contribution in [3.05, 3.63) is 57.5 Å². The lowest BCUT2D eigenvalue weighted by Crippen LogP contribution is -2.35. The van der Waals surface area contributed by atoms with E-state index in [1.165, 1.54) is 23.3 Å². The number of aromatic nitrogens is 2. The van der Waals surface area contributed by atoms with Crippen LogP contribution in [0.4, 0.5) is 0 Å². The second-order valence-electron chi connectivity index (χ2n) is 5.77. The van der Waals surface area contributed by atoms with Gasteiger partial charge in [0.05, 0.1) is 22.4 Å². The van der Waals surface area contributed by atoms with Gasteiger partial charge in [0, 0.05) is 17.5 Å². The van der Waals surface area contributed by atoms with E-state index in [1.54, 1.807) is 35.7 Å². The maximum absolute atomic E-state index is 12.8. The third-order valence-corrected chi connectivity index (χ3v) is 5.00. The van der Waals surface area contributed by atoms with Gasteiger partial charge in [-0.1, -0.05) is 6.07 Å². The molecule has 0 spiro atoms. The van der Waals surface area contributed by atoms with Crippen molar-refractivity contribution in [3.63, 3.8) is 0 Å². The number of amides is 1. The summed E-state index contributed by atoms with van der Waals surface area (Å²) in [6.07, 6.45) is 0. The van der Waals surface area contributed by atoms with E-state index < -0.39 is 12.0 Å². The van der Waals surface area contributed by atoms with Gasteiger partial charge in [0.15, 0.2) is 6.04 Å². The number of likely N-dealkylation sites (N-methyl/N-ethyl adjacent to an activating group) is 1. The van der Waals surface area contributed by atoms with Crippen molar-refractivity contribution in [2.75, 3.05) is 7.05 Å². The second kappa shape index (κ2) is 6.60. The van der Waals surface area contributed by atoms with Crippen LogP contribution in [0.3, 0.4) is 0 Å². The molecule has 2 aromatic heterocycles. The lowest BCUT2D eigenvalue weighted by molar-refractivity contribution is -0.142. The van der Waals surface area contributed by atoms with Crippen LogP contribution < -0.4 is 0 Å². The quantitative estimate of drug-likeness (QED) is 0.777. The molecule has 0 aliphatic heterocycles. The van der Waals surface area contributed by atoms with Gasteiger partial charge < -0.3 is 10.0 Å². The first-order valence-corrected chi connectivity index (χ1v) is 8.55. The minimum absolute atomic E-state index is 0.372. The monoisotopic (exact) mass is 355 g/mol. The molecule has 1 aromatic carbocycles. The molecule has 3 rings (SSSR count). The number of rotatable bonds is 4. The summed E-state index contributed by atoms with van der Waals surface area (Å²) in [6, 6.07) is 7.50. The van der Waals surface area contributed by atoms with Crippen molar-refractivity contribution in [3.8, 4) is 0 Å². The van der Waals surface area contributed by atoms with Gasteiger partial charge in [-0.2, -0.15) is 0 Å². The summed E-state index contributed by atoms with van der Waals surface area (Å²) in [5.41, 5.74) is 3.34. The third kappa shape index (κ3) is 3.23. The minimum Gasteiger partial charge on any atom is -0.479 e. The molecule has 1 N–H and O–H groups in total. The zero-order valence-electron chi connectivity index (χ0n) is 14.1. The predicted molar refractivity (Wildman–Crippen MR) is 95.8 cm³/mol. The number of aliphatic carboxylic acids is 1. The van der Waals surface area contributed by atoms with Crippen molar-refractivity contribution in [1.29, 1.82) is 0 Å². The Hall–Kier alpha value is -2.80. The first-order chi connectivity index (χ1) is 11.9. The number of thiophene rings is 1. The van der Waals surface area contributed by atoms with Crippen LogP contribution in [0.5, 0.6) is 0 Å². The van der Waals surface area contributed by atoms with Crippen LogP contribution in [0, 0.1) is 13.8 Å². The molecule has 0 fully saturated rings. The molecule has 1 atom stereocenters. The Labute approximate surface area is 148 Å². The largest absolute Gasteiger partial charge is 0.479 e. The Morgan fingerprint density at radius 2 is 1.80 bits per heavy atom. The number of nitrogens with zero attached hydrogens (tertiary/aromatic N) is 3. The Morgan fingerprint density at radius 1 is 1.12 bits per heavy atom. The zero-order valence-corrected chi connectivity index (χ0v) is 14.9. The highest BCUT2D eigenvalue weighted by molar-refractivity contribution is 7.10. The van der Waals surface area contributed by atoms with Crippen LogP contribution in [-0.4, -0.2) is 38.9 Å². The molecule has 0 aliphatic carbocycles. The molecule has 7 heteroatoms. The molecular formula is C18H17N3O3S. The SMILES string of the molecule is Cc1nc2ccc(C(=O)N(C)[C@H](C(=O)O)c3cccs3)cc2nc1C. The van der Waals surface area contributed by atoms with Crippen molar-refractivity contribution in [2.24, 2.45) is 0 Å². The number of carbonyl (C=O) groups excluding carboxylic acids is 1. The Balaban J connectivity index is 1.97. The van der Waals surface area contributed by atoms with E-state index in [0.717, 1.165) is 11.4 Å². The summed E-state index contributed by atoms with van der Waals surface area (Å²) in [7, 11) is 1.50. The molecule has 3 aromatic rings. The number of carbonyl (C=O) groups is 2. The Kier molecular flexibility index (Phi) is 4.50. The van der Waals surface area contributed by atoms with Gasteiger partial charge in [-0.25, -0.2) is 14.8 Å². The van der Waals surface area contributed by atoms with Crippen molar-refractivity contribution in [2.45, 2.75) is 19.9 Å². The number of aryl methyl sites for hydroxylation is 2. The van der Waals surface area contributed by atoms with Crippen molar-refractivity contribution >= 4 is 34.2 Å². The van der Waals surface area contributed by atoms with Gasteiger partial charge >= 0.3 is 5.97 Å². The van der Waals surface area contributed by atoms with Crippen molar-refractivity contribution < 1.29 is 14.7 Å². The highest BCUT2D eigenvalue weighted by Gasteiger charge is 2.29. The van der Waals surface area contributed by atoms with Crippen LogP contribution in [0.1, 0.15) is 32.7 Å². The number of fused-ring (bicyclic) bond motifs is 1. The van der Waals surface area contributed by atoms with Crippen LogP contribution in [0.25, 0.3) is 11.0 Å².